The smallest absolute Gasteiger partial charge is 0.0991 e. The molecule has 21 heavy (non-hydrogen) atoms. The molecule has 3 fully saturated rings. The standard InChI is InChI=1S/C19H22N2/c20-12-14-4-6-15(7-5-14)13-21-18-8-9-19(21)11-17(10-18)16-2-1-3-16/h4-7,18-19H,1-3,8-11,13H2. The molecular weight excluding hydrogens is 256 g/mol. The Hall–Kier alpha value is -1.59. The van der Waals surface area contributed by atoms with Gasteiger partial charge < -0.3 is 0 Å². The van der Waals surface area contributed by atoms with Crippen LogP contribution in [0.15, 0.2) is 35.4 Å². The normalized spacial score (nSPS) is 28.3. The Balaban J connectivity index is 1.48. The lowest BCUT2D eigenvalue weighted by atomic mass is 9.82. The van der Waals surface area contributed by atoms with Crippen molar-refractivity contribution in [1.82, 2.24) is 4.90 Å². The first kappa shape index (κ1) is 13.1. The number of hydrogen-bond acceptors (Lipinski definition) is 2. The van der Waals surface area contributed by atoms with Crippen LogP contribution in [-0.4, -0.2) is 17.0 Å². The average molecular weight is 278 g/mol. The van der Waals surface area contributed by atoms with Crippen LogP contribution in [0.3, 0.4) is 0 Å². The molecule has 0 spiro atoms. The zero-order valence-corrected chi connectivity index (χ0v) is 12.5. The number of fused-ring (bicyclic) bond motifs is 2. The van der Waals surface area contributed by atoms with E-state index < -0.39 is 0 Å². The van der Waals surface area contributed by atoms with Crippen molar-refractivity contribution in [2.45, 2.75) is 63.6 Å². The Morgan fingerprint density at radius 1 is 1.00 bits per heavy atom. The Morgan fingerprint density at radius 2 is 1.67 bits per heavy atom. The first-order valence-corrected chi connectivity index (χ1v) is 8.28. The summed E-state index contributed by atoms with van der Waals surface area (Å²) < 4.78 is 0. The van der Waals surface area contributed by atoms with E-state index in [0.29, 0.717) is 0 Å². The molecule has 0 N–H and O–H groups in total. The highest BCUT2D eigenvalue weighted by molar-refractivity contribution is 5.32. The van der Waals surface area contributed by atoms with Gasteiger partial charge in [-0.2, -0.15) is 5.26 Å². The molecule has 108 valence electrons. The Kier molecular flexibility index (Phi) is 3.31. The molecule has 1 aliphatic carbocycles. The monoisotopic (exact) mass is 278 g/mol. The predicted octanol–water partition coefficient (Wildman–Crippen LogP) is 4.17. The lowest BCUT2D eigenvalue weighted by Crippen LogP contribution is -2.40. The van der Waals surface area contributed by atoms with Gasteiger partial charge in [-0.1, -0.05) is 23.3 Å². The summed E-state index contributed by atoms with van der Waals surface area (Å²) in [5, 5.41) is 8.89. The first-order chi connectivity index (χ1) is 10.3. The van der Waals surface area contributed by atoms with Crippen LogP contribution < -0.4 is 0 Å². The third-order valence-corrected chi connectivity index (χ3v) is 5.64. The van der Waals surface area contributed by atoms with Crippen molar-refractivity contribution in [2.24, 2.45) is 0 Å². The van der Waals surface area contributed by atoms with E-state index >= 15 is 0 Å². The minimum atomic E-state index is 0.761. The minimum Gasteiger partial charge on any atom is -0.293 e. The summed E-state index contributed by atoms with van der Waals surface area (Å²) in [5.74, 6) is 0. The van der Waals surface area contributed by atoms with Gasteiger partial charge in [0.25, 0.3) is 0 Å². The van der Waals surface area contributed by atoms with Crippen LogP contribution in [0.4, 0.5) is 0 Å². The predicted molar refractivity (Wildman–Crippen MR) is 83.6 cm³/mol. The van der Waals surface area contributed by atoms with E-state index in [9.17, 15) is 0 Å². The van der Waals surface area contributed by atoms with Gasteiger partial charge in [0.05, 0.1) is 11.6 Å². The van der Waals surface area contributed by atoms with Gasteiger partial charge >= 0.3 is 0 Å². The second-order valence-electron chi connectivity index (χ2n) is 6.83. The van der Waals surface area contributed by atoms with Gasteiger partial charge in [-0.25, -0.2) is 0 Å². The molecule has 2 atom stereocenters. The second kappa shape index (κ2) is 5.31. The molecule has 2 nitrogen and oxygen atoms in total. The summed E-state index contributed by atoms with van der Waals surface area (Å²) in [6.45, 7) is 1.06. The largest absolute Gasteiger partial charge is 0.293 e. The highest BCUT2D eigenvalue weighted by Crippen LogP contribution is 2.43. The highest BCUT2D eigenvalue weighted by Gasteiger charge is 2.39. The van der Waals surface area contributed by atoms with Crippen LogP contribution in [0.1, 0.15) is 56.1 Å². The average Bonchev–Trinajstić information content (AvgIpc) is 2.69. The molecule has 2 saturated heterocycles. The van der Waals surface area contributed by atoms with Crippen LogP contribution in [-0.2, 0) is 6.54 Å². The van der Waals surface area contributed by atoms with Gasteiger partial charge in [0.15, 0.2) is 0 Å². The molecule has 2 unspecified atom stereocenters. The van der Waals surface area contributed by atoms with Gasteiger partial charge in [0, 0.05) is 18.6 Å². The van der Waals surface area contributed by atoms with Crippen LogP contribution in [0.5, 0.6) is 0 Å². The summed E-state index contributed by atoms with van der Waals surface area (Å²) in [5.41, 5.74) is 5.72. The number of nitriles is 1. The van der Waals surface area contributed by atoms with Crippen molar-refractivity contribution >= 4 is 0 Å². The molecule has 3 aliphatic rings. The van der Waals surface area contributed by atoms with Gasteiger partial charge in [0.2, 0.25) is 0 Å². The van der Waals surface area contributed by atoms with Crippen LogP contribution in [0, 0.1) is 11.3 Å². The Labute approximate surface area is 127 Å². The lowest BCUT2D eigenvalue weighted by Gasteiger charge is -2.38. The molecular formula is C19H22N2. The molecule has 0 radical (unpaired) electrons. The Bertz CT molecular complexity index is 583. The van der Waals surface area contributed by atoms with E-state index in [-0.39, 0.29) is 0 Å². The molecule has 4 rings (SSSR count). The van der Waals surface area contributed by atoms with Gasteiger partial charge in [-0.05, 0) is 62.6 Å². The summed E-state index contributed by atoms with van der Waals surface area (Å²) in [6.07, 6.45) is 9.57. The fourth-order valence-corrected chi connectivity index (χ4v) is 4.25. The van der Waals surface area contributed by atoms with E-state index in [1.165, 1.54) is 50.5 Å². The molecule has 2 heteroatoms. The van der Waals surface area contributed by atoms with Crippen molar-refractivity contribution in [3.63, 3.8) is 0 Å². The van der Waals surface area contributed by atoms with Crippen molar-refractivity contribution < 1.29 is 0 Å². The maximum Gasteiger partial charge on any atom is 0.0991 e. The Morgan fingerprint density at radius 3 is 2.19 bits per heavy atom. The zero-order chi connectivity index (χ0) is 14.2. The third-order valence-electron chi connectivity index (χ3n) is 5.64. The summed E-state index contributed by atoms with van der Waals surface area (Å²) in [4.78, 5) is 2.73. The fourth-order valence-electron chi connectivity index (χ4n) is 4.25. The van der Waals surface area contributed by atoms with Crippen LogP contribution in [0.2, 0.25) is 0 Å². The van der Waals surface area contributed by atoms with Gasteiger partial charge in [-0.15, -0.1) is 0 Å². The number of benzene rings is 1. The molecule has 2 bridgehead atoms. The van der Waals surface area contributed by atoms with Crippen LogP contribution in [0.25, 0.3) is 0 Å². The molecule has 2 aliphatic heterocycles. The van der Waals surface area contributed by atoms with E-state index in [4.69, 9.17) is 5.26 Å². The maximum absolute atomic E-state index is 8.89. The van der Waals surface area contributed by atoms with Crippen LogP contribution >= 0.6 is 0 Å². The number of hydrogen-bond donors (Lipinski definition) is 0. The summed E-state index contributed by atoms with van der Waals surface area (Å²) >= 11 is 0. The van der Waals surface area contributed by atoms with E-state index in [1.54, 1.807) is 5.57 Å². The van der Waals surface area contributed by atoms with Crippen molar-refractivity contribution in [1.29, 1.82) is 5.26 Å². The SMILES string of the molecule is N#Cc1ccc(CN2C3CCC2CC(=C2CCC2)C3)cc1. The second-order valence-corrected chi connectivity index (χ2v) is 6.83. The number of allylic oxidation sites excluding steroid dienone is 1. The minimum absolute atomic E-state index is 0.761. The molecule has 1 aromatic rings. The van der Waals surface area contributed by atoms with Crippen molar-refractivity contribution in [3.8, 4) is 6.07 Å². The van der Waals surface area contributed by atoms with E-state index in [1.807, 2.05) is 17.7 Å². The zero-order valence-electron chi connectivity index (χ0n) is 12.5. The van der Waals surface area contributed by atoms with Gasteiger partial charge in [-0.3, -0.25) is 4.90 Å². The number of nitrogens with zero attached hydrogens (tertiary/aromatic N) is 2. The van der Waals surface area contributed by atoms with E-state index in [2.05, 4.69) is 23.1 Å². The summed E-state index contributed by atoms with van der Waals surface area (Å²) in [7, 11) is 0. The molecule has 1 aromatic carbocycles. The molecule has 2 heterocycles. The molecule has 0 aromatic heterocycles. The number of piperidine rings is 1. The summed E-state index contributed by atoms with van der Waals surface area (Å²) in [6, 6.07) is 11.9. The molecule has 0 amide bonds. The maximum atomic E-state index is 8.89. The molecule has 1 saturated carbocycles. The lowest BCUT2D eigenvalue weighted by molar-refractivity contribution is 0.155. The third kappa shape index (κ3) is 2.40. The highest BCUT2D eigenvalue weighted by atomic mass is 15.2. The quantitative estimate of drug-likeness (QED) is 0.759. The fraction of sp³-hybridized carbons (Fsp3) is 0.526. The van der Waals surface area contributed by atoms with E-state index in [0.717, 1.165) is 24.2 Å². The topological polar surface area (TPSA) is 27.0 Å². The van der Waals surface area contributed by atoms with Crippen molar-refractivity contribution in [3.05, 3.63) is 46.5 Å². The first-order valence-electron chi connectivity index (χ1n) is 8.28. The number of rotatable bonds is 2. The van der Waals surface area contributed by atoms with Gasteiger partial charge in [0.1, 0.15) is 0 Å². The van der Waals surface area contributed by atoms with Crippen molar-refractivity contribution in [2.75, 3.05) is 0 Å².